The molecule has 0 bridgehead atoms. The molecular weight excluding hydrogens is 803 g/mol. The third-order valence-corrected chi connectivity index (χ3v) is 11.4. The lowest BCUT2D eigenvalue weighted by Gasteiger charge is -2.32. The predicted octanol–water partition coefficient (Wildman–Crippen LogP) is 10.3. The number of carbonyl (C=O) groups is 3. The SMILES string of the molecule is Cc1ccc(Br)cc1C1(Cl)C(=O)CC2(CCCCC2)C1=O.Cc1ccc(Br)cc1C1=C(O)C2(CCCCC2)CC1=O.O=S(=O)(Cl)Cl. The van der Waals surface area contributed by atoms with Crippen LogP contribution in [0.3, 0.4) is 0 Å². The summed E-state index contributed by atoms with van der Waals surface area (Å²) in [6.07, 6.45) is 10.9. The Balaban J connectivity index is 0.000000183. The third kappa shape index (κ3) is 7.97. The van der Waals surface area contributed by atoms with E-state index in [9.17, 15) is 19.5 Å². The molecule has 2 aromatic rings. The molecule has 4 aliphatic carbocycles. The molecule has 250 valence electrons. The zero-order valence-corrected chi connectivity index (χ0v) is 32.0. The van der Waals surface area contributed by atoms with Gasteiger partial charge in [0.05, 0.1) is 5.57 Å². The van der Waals surface area contributed by atoms with E-state index in [2.05, 4.69) is 53.2 Å². The number of rotatable bonds is 2. The second-order valence-corrected chi connectivity index (χ2v) is 19.0. The van der Waals surface area contributed by atoms with Gasteiger partial charge in [-0.05, 0) is 86.1 Å². The van der Waals surface area contributed by atoms with Gasteiger partial charge in [0.25, 0.3) is 0 Å². The number of hydrogen-bond acceptors (Lipinski definition) is 6. The van der Waals surface area contributed by atoms with E-state index in [4.69, 9.17) is 20.0 Å². The van der Waals surface area contributed by atoms with E-state index in [1.54, 1.807) is 0 Å². The van der Waals surface area contributed by atoms with Gasteiger partial charge in [-0.3, -0.25) is 14.4 Å². The van der Waals surface area contributed by atoms with Gasteiger partial charge in [-0.1, -0.05) is 94.1 Å². The first-order chi connectivity index (χ1) is 21.4. The highest BCUT2D eigenvalue weighted by Gasteiger charge is 2.62. The smallest absolute Gasteiger partial charge is 0.317 e. The Bertz CT molecular complexity index is 1670. The highest BCUT2D eigenvalue weighted by atomic mass is 79.9. The first-order valence-corrected chi connectivity index (χ1v) is 20.4. The number of ketones is 3. The zero-order chi connectivity index (χ0) is 34.1. The molecule has 6 nitrogen and oxygen atoms in total. The van der Waals surface area contributed by atoms with Gasteiger partial charge in [0, 0.05) is 54.0 Å². The van der Waals surface area contributed by atoms with Gasteiger partial charge in [-0.2, -0.15) is 8.42 Å². The number of hydrogen-bond donors (Lipinski definition) is 1. The lowest BCUT2D eigenvalue weighted by atomic mass is 9.71. The number of aliphatic hydroxyl groups excluding tert-OH is 1. The van der Waals surface area contributed by atoms with Crippen LogP contribution in [0.1, 0.15) is 99.3 Å². The fraction of sp³-hybridized carbons (Fsp3) is 0.500. The maximum Gasteiger partial charge on any atom is 0.317 e. The Morgan fingerprint density at radius 3 is 1.76 bits per heavy atom. The molecule has 3 saturated carbocycles. The first-order valence-electron chi connectivity index (χ1n) is 15.3. The molecule has 46 heavy (non-hydrogen) atoms. The maximum atomic E-state index is 13.1. The van der Waals surface area contributed by atoms with Crippen molar-refractivity contribution < 1.29 is 27.9 Å². The number of aliphatic hydroxyl groups is 1. The van der Waals surface area contributed by atoms with E-state index in [-0.39, 0.29) is 22.8 Å². The third-order valence-electron chi connectivity index (χ3n) is 9.86. The molecule has 0 amide bonds. The standard InChI is InChI=1S/C17H18BrClO2.C17H19BrO2.Cl2O2S/c1-11-5-6-12(18)9-13(11)17(19)14(20)10-16(15(17)21)7-3-2-4-8-16;1-11-5-6-12(18)9-13(11)15-14(19)10-17(16(15)20)7-3-2-4-8-17;1-5(2,3)4/h5-6,9H,2-4,7-8,10H2,1H3;5-6,9,20H,2-4,7-8,10H2,1H3;. The van der Waals surface area contributed by atoms with E-state index in [0.717, 1.165) is 83.4 Å². The minimum Gasteiger partial charge on any atom is -0.511 e. The van der Waals surface area contributed by atoms with Gasteiger partial charge >= 0.3 is 8.26 Å². The largest absolute Gasteiger partial charge is 0.511 e. The van der Waals surface area contributed by atoms with Crippen LogP contribution in [-0.2, 0) is 27.5 Å². The highest BCUT2D eigenvalue weighted by Crippen LogP contribution is 2.55. The first kappa shape index (κ1) is 37.6. The second kappa shape index (κ2) is 14.7. The van der Waals surface area contributed by atoms with E-state index in [0.29, 0.717) is 29.7 Å². The minimum atomic E-state index is -3.72. The summed E-state index contributed by atoms with van der Waals surface area (Å²) in [6, 6.07) is 11.5. The van der Waals surface area contributed by atoms with Crippen molar-refractivity contribution in [1.29, 1.82) is 0 Å². The van der Waals surface area contributed by atoms with Gasteiger partial charge < -0.3 is 5.11 Å². The summed E-state index contributed by atoms with van der Waals surface area (Å²) in [4.78, 5) is 36.8. The summed E-state index contributed by atoms with van der Waals surface area (Å²) in [5, 5.41) is 10.7. The molecule has 1 unspecified atom stereocenters. The Hall–Kier alpha value is -1.23. The second-order valence-electron chi connectivity index (χ2n) is 12.9. The number of halogens is 5. The summed E-state index contributed by atoms with van der Waals surface area (Å²) in [7, 11) is 4.81. The van der Waals surface area contributed by atoms with Crippen molar-refractivity contribution in [3.8, 4) is 0 Å². The van der Waals surface area contributed by atoms with E-state index in [1.165, 1.54) is 6.42 Å². The molecule has 0 saturated heterocycles. The van der Waals surface area contributed by atoms with Crippen LogP contribution in [0.15, 0.2) is 51.1 Å². The molecule has 1 atom stereocenters. The van der Waals surface area contributed by atoms with Crippen LogP contribution in [0.2, 0.25) is 0 Å². The molecule has 6 rings (SSSR count). The molecule has 0 aliphatic heterocycles. The van der Waals surface area contributed by atoms with Crippen molar-refractivity contribution in [2.24, 2.45) is 10.8 Å². The molecule has 2 aromatic carbocycles. The molecule has 0 heterocycles. The average molecular weight is 840 g/mol. The summed E-state index contributed by atoms with van der Waals surface area (Å²) >= 11 is 13.5. The van der Waals surface area contributed by atoms with Crippen LogP contribution in [0.4, 0.5) is 0 Å². The molecule has 4 aliphatic rings. The summed E-state index contributed by atoms with van der Waals surface area (Å²) in [5.41, 5.74) is 3.25. The average Bonchev–Trinajstić information content (AvgIpc) is 3.32. The molecule has 3 fully saturated rings. The quantitative estimate of drug-likeness (QED) is 0.183. The molecule has 2 spiro atoms. The fourth-order valence-electron chi connectivity index (χ4n) is 7.53. The van der Waals surface area contributed by atoms with Gasteiger partial charge in [-0.15, -0.1) is 0 Å². The van der Waals surface area contributed by atoms with Crippen LogP contribution >= 0.6 is 64.8 Å². The highest BCUT2D eigenvalue weighted by molar-refractivity contribution is 9.10. The molecule has 0 radical (unpaired) electrons. The molecule has 12 heteroatoms. The lowest BCUT2D eigenvalue weighted by Crippen LogP contribution is -2.38. The van der Waals surface area contributed by atoms with E-state index in [1.807, 2.05) is 50.2 Å². The maximum absolute atomic E-state index is 13.1. The summed E-state index contributed by atoms with van der Waals surface area (Å²) in [5.74, 6) is 0.258. The number of alkyl halides is 1. The Kier molecular flexibility index (Phi) is 12.0. The zero-order valence-electron chi connectivity index (χ0n) is 25.7. The monoisotopic (exact) mass is 836 g/mol. The Labute approximate surface area is 301 Å². The number of carbonyl (C=O) groups excluding carboxylic acids is 3. The number of allylic oxidation sites excluding steroid dienone is 2. The predicted molar refractivity (Wildman–Crippen MR) is 191 cm³/mol. The van der Waals surface area contributed by atoms with Crippen molar-refractivity contribution in [3.63, 3.8) is 0 Å². The molecule has 0 aromatic heterocycles. The van der Waals surface area contributed by atoms with Crippen molar-refractivity contribution in [1.82, 2.24) is 0 Å². The van der Waals surface area contributed by atoms with Crippen molar-refractivity contribution in [2.75, 3.05) is 0 Å². The van der Waals surface area contributed by atoms with Gasteiger partial charge in [0.1, 0.15) is 5.76 Å². The van der Waals surface area contributed by atoms with E-state index >= 15 is 0 Å². The van der Waals surface area contributed by atoms with Crippen LogP contribution in [0.5, 0.6) is 0 Å². The van der Waals surface area contributed by atoms with Crippen LogP contribution in [-0.4, -0.2) is 30.9 Å². The van der Waals surface area contributed by atoms with Crippen LogP contribution in [0.25, 0.3) is 5.57 Å². The van der Waals surface area contributed by atoms with Crippen LogP contribution in [0, 0.1) is 24.7 Å². The Morgan fingerprint density at radius 2 is 1.22 bits per heavy atom. The van der Waals surface area contributed by atoms with Crippen LogP contribution < -0.4 is 0 Å². The normalized spacial score (nSPS) is 23.7. The van der Waals surface area contributed by atoms with Crippen molar-refractivity contribution >= 4 is 96.0 Å². The topological polar surface area (TPSA) is 106 Å². The minimum absolute atomic E-state index is 0.0671. The lowest BCUT2D eigenvalue weighted by molar-refractivity contribution is -0.130. The van der Waals surface area contributed by atoms with E-state index < -0.39 is 18.6 Å². The summed E-state index contributed by atoms with van der Waals surface area (Å²) in [6.45, 7) is 3.89. The number of Topliss-reactive ketones (excluding diaryl/α,β-unsaturated/α-hetero) is 3. The van der Waals surface area contributed by atoms with Crippen molar-refractivity contribution in [2.45, 2.75) is 95.8 Å². The molecule has 1 N–H and O–H groups in total. The van der Waals surface area contributed by atoms with Crippen molar-refractivity contribution in [3.05, 3.63) is 73.4 Å². The number of aryl methyl sites for hydroxylation is 2. The fourth-order valence-corrected chi connectivity index (χ4v) is 8.72. The van der Waals surface area contributed by atoms with Gasteiger partial charge in [-0.25, -0.2) is 0 Å². The molecular formula is C34H37Br2Cl3O6S. The van der Waals surface area contributed by atoms with Gasteiger partial charge in [0.15, 0.2) is 22.2 Å². The number of benzene rings is 2. The Morgan fingerprint density at radius 1 is 0.739 bits per heavy atom. The van der Waals surface area contributed by atoms with Gasteiger partial charge in [0.2, 0.25) is 0 Å². The summed E-state index contributed by atoms with van der Waals surface area (Å²) < 4.78 is 20.1.